The van der Waals surface area contributed by atoms with Gasteiger partial charge in [-0.3, -0.25) is 0 Å². The van der Waals surface area contributed by atoms with Gasteiger partial charge in [-0.15, -0.1) is 0 Å². The minimum Gasteiger partial charge on any atom is -0.478 e. The van der Waals surface area contributed by atoms with Crippen molar-refractivity contribution in [1.29, 1.82) is 5.26 Å². The largest absolute Gasteiger partial charge is 0.478 e. The number of hydrogen-bond acceptors (Lipinski definition) is 2. The first-order chi connectivity index (χ1) is 8.96. The first-order valence-electron chi connectivity index (χ1n) is 7.27. The molecule has 2 unspecified atom stereocenters. The molecule has 4 rings (SSSR count). The summed E-state index contributed by atoms with van der Waals surface area (Å²) < 4.78 is 0. The van der Waals surface area contributed by atoms with Gasteiger partial charge in [0.25, 0.3) is 0 Å². The van der Waals surface area contributed by atoms with Crippen LogP contribution < -0.4 is 0 Å². The molecule has 4 saturated carbocycles. The van der Waals surface area contributed by atoms with Crippen molar-refractivity contribution in [1.82, 2.24) is 0 Å². The SMILES string of the molecule is CC(=CCC12CC3CC(CC(C#N)(C3)C1)C2)C(=O)O. The highest BCUT2D eigenvalue weighted by atomic mass is 16.4. The van der Waals surface area contributed by atoms with E-state index in [4.69, 9.17) is 5.11 Å². The van der Waals surface area contributed by atoms with Crippen LogP contribution in [0.2, 0.25) is 0 Å². The number of allylic oxidation sites excluding steroid dienone is 1. The van der Waals surface area contributed by atoms with Crippen LogP contribution >= 0.6 is 0 Å². The molecule has 4 bridgehead atoms. The number of nitriles is 1. The number of carboxylic acid groups (broad SMARTS) is 1. The summed E-state index contributed by atoms with van der Waals surface area (Å²) in [6, 6.07) is 2.61. The molecular formula is C16H21NO2. The van der Waals surface area contributed by atoms with Crippen LogP contribution in [0, 0.1) is 34.0 Å². The van der Waals surface area contributed by atoms with Crippen molar-refractivity contribution >= 4 is 5.97 Å². The van der Waals surface area contributed by atoms with Crippen molar-refractivity contribution in [2.24, 2.45) is 22.7 Å². The van der Waals surface area contributed by atoms with Crippen LogP contribution in [0.3, 0.4) is 0 Å². The van der Waals surface area contributed by atoms with Gasteiger partial charge in [0.05, 0.1) is 11.5 Å². The molecule has 0 aromatic carbocycles. The Bertz CT molecular complexity index is 471. The normalized spacial score (nSPS) is 44.1. The number of rotatable bonds is 3. The van der Waals surface area contributed by atoms with E-state index in [2.05, 4.69) is 6.07 Å². The maximum absolute atomic E-state index is 10.9. The van der Waals surface area contributed by atoms with E-state index in [9.17, 15) is 10.1 Å². The lowest BCUT2D eigenvalue weighted by molar-refractivity contribution is -0.132. The zero-order valence-corrected chi connectivity index (χ0v) is 11.5. The third-order valence-corrected chi connectivity index (χ3v) is 5.60. The first kappa shape index (κ1) is 12.7. The minimum atomic E-state index is -0.820. The van der Waals surface area contributed by atoms with Crippen molar-refractivity contribution in [2.75, 3.05) is 0 Å². The zero-order chi connectivity index (χ0) is 13.7. The fraction of sp³-hybridized carbons (Fsp3) is 0.750. The molecule has 19 heavy (non-hydrogen) atoms. The monoisotopic (exact) mass is 259 g/mol. The van der Waals surface area contributed by atoms with Gasteiger partial charge in [0.1, 0.15) is 0 Å². The molecule has 4 aliphatic carbocycles. The second-order valence-electron chi connectivity index (χ2n) is 7.25. The summed E-state index contributed by atoms with van der Waals surface area (Å²) in [5.74, 6) is 0.596. The molecule has 0 aromatic heterocycles. The molecule has 102 valence electrons. The number of carboxylic acids is 1. The van der Waals surface area contributed by atoms with Crippen molar-refractivity contribution in [3.63, 3.8) is 0 Å². The fourth-order valence-corrected chi connectivity index (χ4v) is 5.28. The maximum Gasteiger partial charge on any atom is 0.330 e. The van der Waals surface area contributed by atoms with E-state index in [1.54, 1.807) is 6.92 Å². The van der Waals surface area contributed by atoms with E-state index in [1.165, 1.54) is 19.3 Å². The van der Waals surface area contributed by atoms with Crippen molar-refractivity contribution in [3.8, 4) is 6.07 Å². The fourth-order valence-electron chi connectivity index (χ4n) is 5.28. The molecule has 0 radical (unpaired) electrons. The van der Waals surface area contributed by atoms with Crippen LogP contribution in [0.25, 0.3) is 0 Å². The Balaban J connectivity index is 1.83. The molecule has 3 heteroatoms. The van der Waals surface area contributed by atoms with Crippen LogP contribution in [-0.2, 0) is 4.79 Å². The first-order valence-corrected chi connectivity index (χ1v) is 7.27. The number of hydrogen-bond donors (Lipinski definition) is 1. The minimum absolute atomic E-state index is 0.0882. The van der Waals surface area contributed by atoms with E-state index in [1.807, 2.05) is 6.08 Å². The lowest BCUT2D eigenvalue weighted by Gasteiger charge is -2.60. The molecule has 3 nitrogen and oxygen atoms in total. The summed E-state index contributed by atoms with van der Waals surface area (Å²) in [6.45, 7) is 1.67. The van der Waals surface area contributed by atoms with Crippen molar-refractivity contribution in [3.05, 3.63) is 11.6 Å². The Morgan fingerprint density at radius 3 is 2.53 bits per heavy atom. The Morgan fingerprint density at radius 2 is 2.00 bits per heavy atom. The molecule has 0 aromatic rings. The average molecular weight is 259 g/mol. The summed E-state index contributed by atoms with van der Waals surface area (Å²) in [4.78, 5) is 10.9. The van der Waals surface area contributed by atoms with Gasteiger partial charge in [-0.25, -0.2) is 4.79 Å². The molecule has 0 spiro atoms. The predicted molar refractivity (Wildman–Crippen MR) is 71.2 cm³/mol. The third-order valence-electron chi connectivity index (χ3n) is 5.60. The van der Waals surface area contributed by atoms with Gasteiger partial charge in [-0.2, -0.15) is 5.26 Å². The van der Waals surface area contributed by atoms with Crippen LogP contribution in [0.15, 0.2) is 11.6 Å². The van der Waals surface area contributed by atoms with Crippen LogP contribution in [-0.4, -0.2) is 11.1 Å². The molecule has 0 saturated heterocycles. The van der Waals surface area contributed by atoms with Gasteiger partial charge in [0.15, 0.2) is 0 Å². The molecule has 1 N–H and O–H groups in total. The molecule has 0 heterocycles. The molecule has 0 amide bonds. The summed E-state index contributed by atoms with van der Waals surface area (Å²) in [6.07, 6.45) is 9.61. The number of aliphatic carboxylic acids is 1. The highest BCUT2D eigenvalue weighted by Gasteiger charge is 2.57. The van der Waals surface area contributed by atoms with Gasteiger partial charge < -0.3 is 5.11 Å². The molecule has 0 aliphatic heterocycles. The smallest absolute Gasteiger partial charge is 0.330 e. The van der Waals surface area contributed by atoms with Gasteiger partial charge in [-0.1, -0.05) is 6.08 Å². The van der Waals surface area contributed by atoms with E-state index in [0.29, 0.717) is 17.4 Å². The Hall–Kier alpha value is -1.30. The highest BCUT2D eigenvalue weighted by molar-refractivity contribution is 5.85. The molecule has 2 atom stereocenters. The van der Waals surface area contributed by atoms with E-state index >= 15 is 0 Å². The summed E-state index contributed by atoms with van der Waals surface area (Å²) >= 11 is 0. The highest BCUT2D eigenvalue weighted by Crippen LogP contribution is 2.66. The summed E-state index contributed by atoms with van der Waals surface area (Å²) in [5, 5.41) is 18.5. The molecule has 4 aliphatic rings. The third kappa shape index (κ3) is 2.08. The quantitative estimate of drug-likeness (QED) is 0.789. The lowest BCUT2D eigenvalue weighted by atomic mass is 9.44. The van der Waals surface area contributed by atoms with Crippen molar-refractivity contribution in [2.45, 2.75) is 51.9 Å². The van der Waals surface area contributed by atoms with Crippen LogP contribution in [0.5, 0.6) is 0 Å². The van der Waals surface area contributed by atoms with E-state index in [-0.39, 0.29) is 10.8 Å². The number of nitrogens with zero attached hydrogens (tertiary/aromatic N) is 1. The Kier molecular flexibility index (Phi) is 2.74. The predicted octanol–water partition coefficient (Wildman–Crippen LogP) is 3.52. The van der Waals surface area contributed by atoms with Gasteiger partial charge in [0.2, 0.25) is 0 Å². The van der Waals surface area contributed by atoms with Crippen molar-refractivity contribution < 1.29 is 9.90 Å². The van der Waals surface area contributed by atoms with Gasteiger partial charge in [-0.05, 0) is 69.1 Å². The van der Waals surface area contributed by atoms with Gasteiger partial charge >= 0.3 is 5.97 Å². The second kappa shape index (κ2) is 4.10. The number of carbonyl (C=O) groups is 1. The Morgan fingerprint density at radius 1 is 1.37 bits per heavy atom. The second-order valence-corrected chi connectivity index (χ2v) is 7.25. The lowest BCUT2D eigenvalue weighted by Crippen LogP contribution is -2.51. The average Bonchev–Trinajstić information content (AvgIpc) is 2.34. The van der Waals surface area contributed by atoms with Crippen LogP contribution in [0.1, 0.15) is 51.9 Å². The summed E-state index contributed by atoms with van der Waals surface area (Å²) in [5.41, 5.74) is 0.577. The zero-order valence-electron chi connectivity index (χ0n) is 11.5. The molecule has 4 fully saturated rings. The standard InChI is InChI=1S/C16H21NO2/c1-11(14(18)19)2-3-15-5-12-4-13(6-15)8-16(7-12,9-15)10-17/h2,12-13H,3-9H2,1H3,(H,18,19). The van der Waals surface area contributed by atoms with E-state index < -0.39 is 5.97 Å². The summed E-state index contributed by atoms with van der Waals surface area (Å²) in [7, 11) is 0. The van der Waals surface area contributed by atoms with Gasteiger partial charge in [0, 0.05) is 5.57 Å². The molecular weight excluding hydrogens is 238 g/mol. The Labute approximate surface area is 114 Å². The van der Waals surface area contributed by atoms with E-state index in [0.717, 1.165) is 25.7 Å². The van der Waals surface area contributed by atoms with Crippen LogP contribution in [0.4, 0.5) is 0 Å². The maximum atomic E-state index is 10.9. The topological polar surface area (TPSA) is 61.1 Å².